The second-order valence-corrected chi connectivity index (χ2v) is 6.70. The average molecular weight is 417 g/mol. The first-order valence-electron chi connectivity index (χ1n) is 9.05. The van der Waals surface area contributed by atoms with Gasteiger partial charge in [0.25, 0.3) is 5.69 Å². The summed E-state index contributed by atoms with van der Waals surface area (Å²) in [4.78, 5) is 48.1. The third-order valence-corrected chi connectivity index (χ3v) is 4.66. The van der Waals surface area contributed by atoms with E-state index in [0.717, 1.165) is 0 Å². The Morgan fingerprint density at radius 1 is 1.23 bits per heavy atom. The number of nitro benzene ring substituents is 1. The third-order valence-electron chi connectivity index (χ3n) is 4.66. The molecule has 0 unspecified atom stereocenters. The number of methoxy groups -OCH3 is 1. The molecular weight excluding hydrogens is 394 g/mol. The molecule has 1 heterocycles. The lowest BCUT2D eigenvalue weighted by molar-refractivity contribution is -0.384. The number of carbonyl (C=O) groups is 3. The van der Waals surface area contributed by atoms with Crippen LogP contribution in [0.2, 0.25) is 0 Å². The summed E-state index contributed by atoms with van der Waals surface area (Å²) >= 11 is 0. The summed E-state index contributed by atoms with van der Waals surface area (Å²) < 4.78 is 10.2. The number of nitrogens with one attached hydrogen (secondary N) is 1. The van der Waals surface area contributed by atoms with E-state index in [1.165, 1.54) is 30.2 Å². The average Bonchev–Trinajstić information content (AvgIpc) is 2.72. The van der Waals surface area contributed by atoms with Crippen molar-refractivity contribution in [3.63, 3.8) is 0 Å². The van der Waals surface area contributed by atoms with Gasteiger partial charge in [-0.25, -0.2) is 9.59 Å². The number of hydrogen-bond acceptors (Lipinski definition) is 8. The summed E-state index contributed by atoms with van der Waals surface area (Å²) in [5.41, 5.74) is 1.40. The van der Waals surface area contributed by atoms with Crippen LogP contribution in [0.25, 0.3) is 0 Å². The fraction of sp³-hybridized carbons (Fsp3) is 0.350. The predicted octanol–water partition coefficient (Wildman–Crippen LogP) is 1.63. The van der Waals surface area contributed by atoms with Crippen LogP contribution in [-0.4, -0.2) is 55.5 Å². The smallest absolute Gasteiger partial charge is 0.336 e. The molecule has 0 saturated heterocycles. The van der Waals surface area contributed by atoms with E-state index >= 15 is 0 Å². The minimum Gasteiger partial charge on any atom is -0.466 e. The number of likely N-dealkylation sites (N-methyl/N-ethyl adjacent to an activating group) is 1. The SMILES string of the molecule is COC(=O)C1=C(C)NC(C)=C(C(=O)OCCN(C)C=O)[C@@H]1c1cccc([N+](=O)[O-])c1. The Bertz CT molecular complexity index is 936. The van der Waals surface area contributed by atoms with Gasteiger partial charge in [-0.2, -0.15) is 0 Å². The minimum atomic E-state index is -0.921. The van der Waals surface area contributed by atoms with Crippen molar-refractivity contribution in [1.82, 2.24) is 10.2 Å². The molecular formula is C20H23N3O7. The van der Waals surface area contributed by atoms with E-state index in [1.807, 2.05) is 0 Å². The molecule has 0 spiro atoms. The molecule has 0 bridgehead atoms. The molecule has 0 saturated carbocycles. The topological polar surface area (TPSA) is 128 Å². The number of nitro groups is 1. The highest BCUT2D eigenvalue weighted by molar-refractivity contribution is 5.99. The number of dihydropyridines is 1. The summed E-state index contributed by atoms with van der Waals surface area (Å²) in [6, 6.07) is 5.72. The van der Waals surface area contributed by atoms with Crippen molar-refractivity contribution in [2.75, 3.05) is 27.3 Å². The van der Waals surface area contributed by atoms with Crippen LogP contribution in [0.15, 0.2) is 46.8 Å². The van der Waals surface area contributed by atoms with Crippen LogP contribution in [0, 0.1) is 10.1 Å². The molecule has 2 rings (SSSR count). The van der Waals surface area contributed by atoms with E-state index in [-0.39, 0.29) is 30.0 Å². The summed E-state index contributed by atoms with van der Waals surface area (Å²) in [6.45, 7) is 3.44. The first kappa shape index (κ1) is 22.6. The van der Waals surface area contributed by atoms with E-state index < -0.39 is 22.8 Å². The lowest BCUT2D eigenvalue weighted by Gasteiger charge is -2.30. The highest BCUT2D eigenvalue weighted by Crippen LogP contribution is 2.40. The number of hydrogen-bond donors (Lipinski definition) is 1. The Morgan fingerprint density at radius 3 is 2.43 bits per heavy atom. The van der Waals surface area contributed by atoms with Gasteiger partial charge in [-0.15, -0.1) is 0 Å². The Balaban J connectivity index is 2.52. The third kappa shape index (κ3) is 4.83. The van der Waals surface area contributed by atoms with Gasteiger partial charge in [0.1, 0.15) is 6.61 Å². The maximum atomic E-state index is 12.9. The maximum Gasteiger partial charge on any atom is 0.336 e. The molecule has 1 amide bonds. The molecule has 1 aliphatic heterocycles. The van der Waals surface area contributed by atoms with E-state index in [2.05, 4.69) is 5.32 Å². The molecule has 0 fully saturated rings. The van der Waals surface area contributed by atoms with Crippen molar-refractivity contribution in [3.05, 3.63) is 62.5 Å². The van der Waals surface area contributed by atoms with E-state index in [1.54, 1.807) is 27.0 Å². The number of ether oxygens (including phenoxy) is 2. The minimum absolute atomic E-state index is 0.0528. The van der Waals surface area contributed by atoms with Crippen molar-refractivity contribution in [3.8, 4) is 0 Å². The molecule has 0 aliphatic carbocycles. The van der Waals surface area contributed by atoms with Crippen LogP contribution in [0.3, 0.4) is 0 Å². The first-order valence-corrected chi connectivity index (χ1v) is 9.05. The van der Waals surface area contributed by atoms with E-state index in [4.69, 9.17) is 9.47 Å². The fourth-order valence-electron chi connectivity index (χ4n) is 3.21. The van der Waals surface area contributed by atoms with E-state index in [9.17, 15) is 24.5 Å². The number of nitrogens with zero attached hydrogens (tertiary/aromatic N) is 2. The van der Waals surface area contributed by atoms with Gasteiger partial charge in [-0.3, -0.25) is 14.9 Å². The molecule has 10 heteroatoms. The molecule has 30 heavy (non-hydrogen) atoms. The van der Waals surface area contributed by atoms with Gasteiger partial charge >= 0.3 is 11.9 Å². The van der Waals surface area contributed by atoms with Gasteiger partial charge in [0.05, 0.1) is 35.6 Å². The second-order valence-electron chi connectivity index (χ2n) is 6.70. The van der Waals surface area contributed by atoms with Crippen molar-refractivity contribution < 1.29 is 28.8 Å². The molecule has 10 nitrogen and oxygen atoms in total. The Kier molecular flexibility index (Phi) is 7.29. The molecule has 1 aromatic carbocycles. The van der Waals surface area contributed by atoms with Crippen LogP contribution < -0.4 is 5.32 Å². The fourth-order valence-corrected chi connectivity index (χ4v) is 3.21. The van der Waals surface area contributed by atoms with Crippen molar-refractivity contribution in [2.24, 2.45) is 0 Å². The highest BCUT2D eigenvalue weighted by atomic mass is 16.6. The number of non-ortho nitro benzene ring substituents is 1. The zero-order chi connectivity index (χ0) is 22.4. The summed E-state index contributed by atoms with van der Waals surface area (Å²) in [7, 11) is 2.76. The Morgan fingerprint density at radius 2 is 1.87 bits per heavy atom. The molecule has 1 N–H and O–H groups in total. The summed E-state index contributed by atoms with van der Waals surface area (Å²) in [6.07, 6.45) is 0.605. The number of allylic oxidation sites excluding steroid dienone is 2. The molecule has 0 radical (unpaired) electrons. The molecule has 160 valence electrons. The molecule has 1 atom stereocenters. The Hall–Kier alpha value is -3.69. The number of esters is 2. The predicted molar refractivity (Wildman–Crippen MR) is 106 cm³/mol. The zero-order valence-electron chi connectivity index (χ0n) is 17.1. The van der Waals surface area contributed by atoms with Crippen LogP contribution in [0.4, 0.5) is 5.69 Å². The van der Waals surface area contributed by atoms with Gasteiger partial charge in [0.15, 0.2) is 0 Å². The Labute approximate surface area is 173 Å². The van der Waals surface area contributed by atoms with Gasteiger partial charge in [-0.1, -0.05) is 12.1 Å². The van der Waals surface area contributed by atoms with Gasteiger partial charge < -0.3 is 19.7 Å². The lowest BCUT2D eigenvalue weighted by Crippen LogP contribution is -2.33. The van der Waals surface area contributed by atoms with Crippen LogP contribution >= 0.6 is 0 Å². The standard InChI is InChI=1S/C20H23N3O7/c1-12-16(19(25)29-4)18(14-6-5-7-15(10-14)23(27)28)17(13(2)21-12)20(26)30-9-8-22(3)11-24/h5-7,10-11,18,21H,8-9H2,1-4H3/t18-/m1/s1. The molecule has 0 aromatic heterocycles. The highest BCUT2D eigenvalue weighted by Gasteiger charge is 2.38. The lowest BCUT2D eigenvalue weighted by atomic mass is 9.80. The van der Waals surface area contributed by atoms with Gasteiger partial charge in [0.2, 0.25) is 6.41 Å². The quantitative estimate of drug-likeness (QED) is 0.293. The summed E-state index contributed by atoms with van der Waals surface area (Å²) in [5.74, 6) is -2.30. The van der Waals surface area contributed by atoms with Crippen molar-refractivity contribution in [1.29, 1.82) is 0 Å². The normalized spacial score (nSPS) is 15.9. The van der Waals surface area contributed by atoms with E-state index in [0.29, 0.717) is 23.4 Å². The maximum absolute atomic E-state index is 12.9. The largest absolute Gasteiger partial charge is 0.466 e. The number of amides is 1. The van der Waals surface area contributed by atoms with Crippen LogP contribution in [0.5, 0.6) is 0 Å². The van der Waals surface area contributed by atoms with Crippen molar-refractivity contribution in [2.45, 2.75) is 19.8 Å². The number of carbonyl (C=O) groups excluding carboxylic acids is 3. The number of rotatable bonds is 8. The molecule has 1 aliphatic rings. The van der Waals surface area contributed by atoms with Crippen LogP contribution in [0.1, 0.15) is 25.3 Å². The molecule has 1 aromatic rings. The first-order chi connectivity index (χ1) is 14.2. The summed E-state index contributed by atoms with van der Waals surface area (Å²) in [5, 5.41) is 14.2. The van der Waals surface area contributed by atoms with Gasteiger partial charge in [0, 0.05) is 30.6 Å². The zero-order valence-corrected chi connectivity index (χ0v) is 17.1. The number of benzene rings is 1. The monoisotopic (exact) mass is 417 g/mol. The van der Waals surface area contributed by atoms with Crippen LogP contribution in [-0.2, 0) is 23.9 Å². The van der Waals surface area contributed by atoms with Crippen molar-refractivity contribution >= 4 is 24.0 Å². The van der Waals surface area contributed by atoms with Gasteiger partial charge in [-0.05, 0) is 19.4 Å². The second kappa shape index (κ2) is 9.68.